The van der Waals surface area contributed by atoms with Crippen molar-refractivity contribution in [2.75, 3.05) is 12.0 Å². The predicted molar refractivity (Wildman–Crippen MR) is 59.4 cm³/mol. The van der Waals surface area contributed by atoms with Gasteiger partial charge in [-0.25, -0.2) is 4.79 Å². The van der Waals surface area contributed by atoms with E-state index < -0.39 is 5.97 Å². The van der Waals surface area contributed by atoms with E-state index in [0.29, 0.717) is 11.6 Å². The Hall–Kier alpha value is -0.610. The van der Waals surface area contributed by atoms with Crippen molar-refractivity contribution in [3.8, 4) is 0 Å². The number of carboxylic acids is 1. The molecule has 1 heterocycles. The first-order chi connectivity index (χ1) is 6.65. The molecule has 0 aliphatic heterocycles. The number of rotatable bonds is 5. The lowest BCUT2D eigenvalue weighted by Crippen LogP contribution is -2.08. The molecule has 1 rings (SSSR count). The average Bonchev–Trinajstić information content (AvgIpc) is 2.47. The summed E-state index contributed by atoms with van der Waals surface area (Å²) >= 11 is 7.48. The van der Waals surface area contributed by atoms with Crippen molar-refractivity contribution in [3.63, 3.8) is 0 Å². The number of hydrogen-bond donors (Lipinski definition) is 1. The second kappa shape index (κ2) is 5.32. The monoisotopic (exact) mass is 233 g/mol. The van der Waals surface area contributed by atoms with Crippen LogP contribution in [0.5, 0.6) is 0 Å². The molecule has 0 fully saturated rings. The summed E-state index contributed by atoms with van der Waals surface area (Å²) < 4.78 is 1.68. The molecule has 0 saturated carbocycles. The molecule has 0 atom stereocenters. The van der Waals surface area contributed by atoms with E-state index in [9.17, 15) is 4.79 Å². The van der Waals surface area contributed by atoms with Crippen LogP contribution in [0.3, 0.4) is 0 Å². The molecule has 1 N–H and O–H groups in total. The number of halogens is 1. The third-order valence-electron chi connectivity index (χ3n) is 1.83. The van der Waals surface area contributed by atoms with Crippen LogP contribution in [0.4, 0.5) is 0 Å². The van der Waals surface area contributed by atoms with Gasteiger partial charge in [-0.15, -0.1) is 0 Å². The van der Waals surface area contributed by atoms with Crippen molar-refractivity contribution >= 4 is 29.3 Å². The summed E-state index contributed by atoms with van der Waals surface area (Å²) in [7, 11) is 0. The van der Waals surface area contributed by atoms with E-state index in [1.54, 1.807) is 22.5 Å². The Morgan fingerprint density at radius 1 is 1.71 bits per heavy atom. The summed E-state index contributed by atoms with van der Waals surface area (Å²) in [5.74, 6) is 0.0931. The quantitative estimate of drug-likeness (QED) is 0.795. The highest BCUT2D eigenvalue weighted by molar-refractivity contribution is 7.98. The summed E-state index contributed by atoms with van der Waals surface area (Å²) in [6.45, 7) is 0.704. The van der Waals surface area contributed by atoms with Crippen LogP contribution in [-0.4, -0.2) is 27.7 Å². The van der Waals surface area contributed by atoms with Crippen molar-refractivity contribution in [1.29, 1.82) is 0 Å². The van der Waals surface area contributed by atoms with Crippen molar-refractivity contribution in [3.05, 3.63) is 23.0 Å². The van der Waals surface area contributed by atoms with Gasteiger partial charge in [0.25, 0.3) is 0 Å². The van der Waals surface area contributed by atoms with Crippen LogP contribution in [0, 0.1) is 0 Å². The van der Waals surface area contributed by atoms with Crippen LogP contribution in [0.1, 0.15) is 16.9 Å². The number of carbonyl (C=O) groups is 1. The van der Waals surface area contributed by atoms with Gasteiger partial charge in [-0.2, -0.15) is 11.8 Å². The second-order valence-corrected chi connectivity index (χ2v) is 4.31. The molecule has 0 bridgehead atoms. The number of thioether (sulfide) groups is 1. The standard InChI is InChI=1S/C9H12ClNO2S/c1-14-4-2-3-11-6-7(10)5-8(11)9(12)13/h5-6H,2-4H2,1H3,(H,12,13). The molecule has 14 heavy (non-hydrogen) atoms. The summed E-state index contributed by atoms with van der Waals surface area (Å²) in [5, 5.41) is 9.33. The van der Waals surface area contributed by atoms with Gasteiger partial charge >= 0.3 is 5.97 Å². The van der Waals surface area contributed by atoms with Gasteiger partial charge in [0.05, 0.1) is 5.02 Å². The van der Waals surface area contributed by atoms with Crippen molar-refractivity contribution < 1.29 is 9.90 Å². The molecule has 1 aromatic heterocycles. The molecule has 1 aromatic rings. The Balaban J connectivity index is 2.69. The lowest BCUT2D eigenvalue weighted by Gasteiger charge is -2.04. The maximum absolute atomic E-state index is 10.8. The van der Waals surface area contributed by atoms with Gasteiger partial charge in [0.2, 0.25) is 0 Å². The smallest absolute Gasteiger partial charge is 0.352 e. The zero-order valence-electron chi connectivity index (χ0n) is 7.86. The Morgan fingerprint density at radius 3 is 3.00 bits per heavy atom. The summed E-state index contributed by atoms with van der Waals surface area (Å²) in [6.07, 6.45) is 4.64. The molecule has 0 saturated heterocycles. The first-order valence-electron chi connectivity index (χ1n) is 4.23. The Kier molecular flexibility index (Phi) is 4.35. The highest BCUT2D eigenvalue weighted by Gasteiger charge is 2.10. The molecular formula is C9H12ClNO2S. The third kappa shape index (κ3) is 2.96. The van der Waals surface area contributed by atoms with Crippen molar-refractivity contribution in [2.24, 2.45) is 0 Å². The first-order valence-corrected chi connectivity index (χ1v) is 6.00. The zero-order valence-corrected chi connectivity index (χ0v) is 9.44. The van der Waals surface area contributed by atoms with Gasteiger partial charge in [-0.3, -0.25) is 0 Å². The minimum Gasteiger partial charge on any atom is -0.477 e. The predicted octanol–water partition coefficient (Wildman–Crippen LogP) is 2.59. The number of aryl methyl sites for hydroxylation is 1. The fourth-order valence-electron chi connectivity index (χ4n) is 1.22. The topological polar surface area (TPSA) is 42.2 Å². The van der Waals surface area contributed by atoms with Crippen LogP contribution >= 0.6 is 23.4 Å². The van der Waals surface area contributed by atoms with Gasteiger partial charge in [0.1, 0.15) is 5.69 Å². The maximum Gasteiger partial charge on any atom is 0.352 e. The lowest BCUT2D eigenvalue weighted by molar-refractivity contribution is 0.0685. The molecule has 0 aromatic carbocycles. The molecule has 78 valence electrons. The molecular weight excluding hydrogens is 222 g/mol. The lowest BCUT2D eigenvalue weighted by atomic mass is 10.4. The van der Waals surface area contributed by atoms with E-state index in [1.807, 2.05) is 6.26 Å². The molecule has 0 spiro atoms. The maximum atomic E-state index is 10.8. The molecule has 0 aliphatic rings. The van der Waals surface area contributed by atoms with E-state index in [2.05, 4.69) is 0 Å². The number of carboxylic acid groups (broad SMARTS) is 1. The Labute approximate surface area is 92.1 Å². The fourth-order valence-corrected chi connectivity index (χ4v) is 1.86. The van der Waals surface area contributed by atoms with Crippen LogP contribution in [0.25, 0.3) is 0 Å². The minimum atomic E-state index is -0.930. The van der Waals surface area contributed by atoms with E-state index in [1.165, 1.54) is 6.07 Å². The molecule has 3 nitrogen and oxygen atoms in total. The van der Waals surface area contributed by atoms with Crippen molar-refractivity contribution in [1.82, 2.24) is 4.57 Å². The number of aromatic nitrogens is 1. The Bertz CT molecular complexity index is 325. The number of nitrogens with zero attached hydrogens (tertiary/aromatic N) is 1. The van der Waals surface area contributed by atoms with E-state index in [0.717, 1.165) is 12.2 Å². The highest BCUT2D eigenvalue weighted by atomic mass is 35.5. The van der Waals surface area contributed by atoms with Gasteiger partial charge in [-0.05, 0) is 24.5 Å². The van der Waals surface area contributed by atoms with Gasteiger partial charge in [0.15, 0.2) is 0 Å². The Morgan fingerprint density at radius 2 is 2.43 bits per heavy atom. The number of hydrogen-bond acceptors (Lipinski definition) is 2. The molecule has 5 heteroatoms. The second-order valence-electron chi connectivity index (χ2n) is 2.89. The van der Waals surface area contributed by atoms with Gasteiger partial charge in [-0.1, -0.05) is 11.6 Å². The van der Waals surface area contributed by atoms with E-state index in [4.69, 9.17) is 16.7 Å². The molecule has 0 amide bonds. The van der Waals surface area contributed by atoms with Crippen molar-refractivity contribution in [2.45, 2.75) is 13.0 Å². The average molecular weight is 234 g/mol. The largest absolute Gasteiger partial charge is 0.477 e. The van der Waals surface area contributed by atoms with Crippen LogP contribution in [0.2, 0.25) is 5.02 Å². The summed E-state index contributed by atoms with van der Waals surface area (Å²) in [5.41, 5.74) is 0.260. The van der Waals surface area contributed by atoms with Gasteiger partial charge in [0, 0.05) is 12.7 Å². The molecule has 0 aliphatic carbocycles. The van der Waals surface area contributed by atoms with E-state index in [-0.39, 0.29) is 5.69 Å². The SMILES string of the molecule is CSCCCn1cc(Cl)cc1C(=O)O. The molecule has 0 unspecified atom stereocenters. The van der Waals surface area contributed by atoms with E-state index >= 15 is 0 Å². The third-order valence-corrected chi connectivity index (χ3v) is 2.73. The number of aromatic carboxylic acids is 1. The molecule has 0 radical (unpaired) electrons. The zero-order chi connectivity index (χ0) is 10.6. The summed E-state index contributed by atoms with van der Waals surface area (Å²) in [4.78, 5) is 10.8. The van der Waals surface area contributed by atoms with Crippen LogP contribution < -0.4 is 0 Å². The van der Waals surface area contributed by atoms with Crippen LogP contribution in [-0.2, 0) is 6.54 Å². The fraction of sp³-hybridized carbons (Fsp3) is 0.444. The van der Waals surface area contributed by atoms with Crippen LogP contribution in [0.15, 0.2) is 12.3 Å². The van der Waals surface area contributed by atoms with Gasteiger partial charge < -0.3 is 9.67 Å². The summed E-state index contributed by atoms with van der Waals surface area (Å²) in [6, 6.07) is 1.48. The first kappa shape index (κ1) is 11.5. The highest BCUT2D eigenvalue weighted by Crippen LogP contribution is 2.15. The minimum absolute atomic E-state index is 0.260. The normalized spacial score (nSPS) is 10.4.